The number of hydrogen-bond acceptors (Lipinski definition) is 4. The quantitative estimate of drug-likeness (QED) is 0.626. The SMILES string of the molecule is O=C=NC1CCCCN1S(=O)(=O)c1cccc(F)c1. The monoisotopic (exact) mass is 284 g/mol. The molecule has 0 aliphatic carbocycles. The minimum absolute atomic E-state index is 0.125. The highest BCUT2D eigenvalue weighted by Crippen LogP contribution is 2.26. The average Bonchev–Trinajstić information content (AvgIpc) is 2.39. The molecule has 1 atom stereocenters. The lowest BCUT2D eigenvalue weighted by Crippen LogP contribution is -2.42. The van der Waals surface area contributed by atoms with Gasteiger partial charge in [-0.25, -0.2) is 17.6 Å². The van der Waals surface area contributed by atoms with Crippen LogP contribution in [-0.2, 0) is 14.8 Å². The number of nitrogens with zero attached hydrogens (tertiary/aromatic N) is 2. The van der Waals surface area contributed by atoms with Gasteiger partial charge < -0.3 is 0 Å². The van der Waals surface area contributed by atoms with Crippen molar-refractivity contribution < 1.29 is 17.6 Å². The van der Waals surface area contributed by atoms with Crippen LogP contribution < -0.4 is 0 Å². The van der Waals surface area contributed by atoms with E-state index < -0.39 is 22.0 Å². The van der Waals surface area contributed by atoms with Gasteiger partial charge in [0, 0.05) is 6.54 Å². The Balaban J connectivity index is 2.39. The minimum Gasteiger partial charge on any atom is -0.211 e. The molecule has 0 N–H and O–H groups in total. The van der Waals surface area contributed by atoms with Crippen LogP contribution in [0.5, 0.6) is 0 Å². The van der Waals surface area contributed by atoms with Gasteiger partial charge in [-0.1, -0.05) is 6.07 Å². The molecule has 1 saturated heterocycles. The molecule has 0 spiro atoms. The summed E-state index contributed by atoms with van der Waals surface area (Å²) in [5.41, 5.74) is 0. The molecule has 7 heteroatoms. The van der Waals surface area contributed by atoms with Gasteiger partial charge in [0.25, 0.3) is 0 Å². The molecular formula is C12H13FN2O3S. The molecule has 102 valence electrons. The summed E-state index contributed by atoms with van der Waals surface area (Å²) in [6, 6.07) is 4.81. The molecule has 1 aliphatic rings. The molecule has 19 heavy (non-hydrogen) atoms. The first-order chi connectivity index (χ1) is 9.05. The lowest BCUT2D eigenvalue weighted by Gasteiger charge is -2.31. The van der Waals surface area contributed by atoms with Crippen LogP contribution in [-0.4, -0.2) is 31.5 Å². The summed E-state index contributed by atoms with van der Waals surface area (Å²) in [4.78, 5) is 13.8. The highest BCUT2D eigenvalue weighted by molar-refractivity contribution is 7.89. The number of isocyanates is 1. The Morgan fingerprint density at radius 1 is 1.37 bits per heavy atom. The second kappa shape index (κ2) is 5.61. The van der Waals surface area contributed by atoms with Crippen molar-refractivity contribution in [3.63, 3.8) is 0 Å². The second-order valence-corrected chi connectivity index (χ2v) is 6.16. The Labute approximate surface area is 110 Å². The van der Waals surface area contributed by atoms with Gasteiger partial charge in [-0.2, -0.15) is 9.30 Å². The topological polar surface area (TPSA) is 66.8 Å². The van der Waals surface area contributed by atoms with Gasteiger partial charge in [0.05, 0.1) is 4.90 Å². The molecule has 1 fully saturated rings. The second-order valence-electron chi connectivity index (χ2n) is 4.27. The zero-order valence-electron chi connectivity index (χ0n) is 10.1. The average molecular weight is 284 g/mol. The first kappa shape index (κ1) is 13.9. The molecule has 1 aromatic carbocycles. The van der Waals surface area contributed by atoms with Crippen molar-refractivity contribution in [1.82, 2.24) is 4.31 Å². The maximum Gasteiger partial charge on any atom is 0.245 e. The normalized spacial score (nSPS) is 20.8. The third-order valence-electron chi connectivity index (χ3n) is 3.03. The van der Waals surface area contributed by atoms with Gasteiger partial charge >= 0.3 is 0 Å². The summed E-state index contributed by atoms with van der Waals surface area (Å²) in [6.45, 7) is 0.273. The highest BCUT2D eigenvalue weighted by Gasteiger charge is 2.33. The first-order valence-corrected chi connectivity index (χ1v) is 7.34. The molecule has 2 rings (SSSR count). The van der Waals surface area contributed by atoms with Gasteiger partial charge in [0.15, 0.2) is 0 Å². The predicted octanol–water partition coefficient (Wildman–Crippen LogP) is 1.66. The molecule has 0 aromatic heterocycles. The summed E-state index contributed by atoms with van der Waals surface area (Å²) in [7, 11) is -3.84. The number of halogens is 1. The fraction of sp³-hybridized carbons (Fsp3) is 0.417. The summed E-state index contributed by atoms with van der Waals surface area (Å²) >= 11 is 0. The zero-order valence-corrected chi connectivity index (χ0v) is 10.9. The van der Waals surface area contributed by atoms with Crippen molar-refractivity contribution in [2.75, 3.05) is 6.54 Å². The number of piperidine rings is 1. The number of sulfonamides is 1. The van der Waals surface area contributed by atoms with Crippen LogP contribution in [0.2, 0.25) is 0 Å². The van der Waals surface area contributed by atoms with E-state index in [1.807, 2.05) is 0 Å². The molecule has 0 saturated carbocycles. The zero-order chi connectivity index (χ0) is 13.9. The Hall–Kier alpha value is -1.56. The molecule has 0 radical (unpaired) electrons. The molecule has 1 unspecified atom stereocenters. The number of hydrogen-bond donors (Lipinski definition) is 0. The third-order valence-corrected chi connectivity index (χ3v) is 4.92. The van der Waals surface area contributed by atoms with E-state index in [1.54, 1.807) is 0 Å². The van der Waals surface area contributed by atoms with Crippen molar-refractivity contribution in [3.8, 4) is 0 Å². The molecule has 1 aliphatic heterocycles. The van der Waals surface area contributed by atoms with E-state index in [0.717, 1.165) is 16.8 Å². The molecule has 1 aromatic rings. The summed E-state index contributed by atoms with van der Waals surface area (Å²) in [6.07, 6.45) is 2.63. The van der Waals surface area contributed by atoms with Gasteiger partial charge in [-0.15, -0.1) is 0 Å². The van der Waals surface area contributed by atoms with E-state index in [-0.39, 0.29) is 11.4 Å². The molecule has 1 heterocycles. The van der Waals surface area contributed by atoms with Crippen LogP contribution in [0.4, 0.5) is 4.39 Å². The fourth-order valence-electron chi connectivity index (χ4n) is 2.12. The Morgan fingerprint density at radius 3 is 2.84 bits per heavy atom. The summed E-state index contributed by atoms with van der Waals surface area (Å²) < 4.78 is 39.1. The van der Waals surface area contributed by atoms with Gasteiger partial charge in [0.2, 0.25) is 16.1 Å². The number of aliphatic imine (C=N–C) groups is 1. The van der Waals surface area contributed by atoms with Crippen molar-refractivity contribution in [2.24, 2.45) is 4.99 Å². The van der Waals surface area contributed by atoms with Crippen molar-refractivity contribution >= 4 is 16.1 Å². The number of carbonyl (C=O) groups excluding carboxylic acids is 1. The van der Waals surface area contributed by atoms with E-state index in [0.29, 0.717) is 12.8 Å². The molecule has 0 bridgehead atoms. The van der Waals surface area contributed by atoms with Gasteiger partial charge in [0.1, 0.15) is 12.0 Å². The van der Waals surface area contributed by atoms with Crippen LogP contribution in [0.25, 0.3) is 0 Å². The van der Waals surface area contributed by atoms with E-state index in [1.165, 1.54) is 24.3 Å². The van der Waals surface area contributed by atoms with Gasteiger partial charge in [-0.3, -0.25) is 0 Å². The Bertz CT molecular complexity index is 611. The van der Waals surface area contributed by atoms with Crippen LogP contribution >= 0.6 is 0 Å². The van der Waals surface area contributed by atoms with Crippen LogP contribution in [0, 0.1) is 5.82 Å². The smallest absolute Gasteiger partial charge is 0.211 e. The maximum atomic E-state index is 13.1. The summed E-state index contributed by atoms with van der Waals surface area (Å²) in [5, 5.41) is 0. The predicted molar refractivity (Wildman–Crippen MR) is 66.1 cm³/mol. The van der Waals surface area contributed by atoms with E-state index in [2.05, 4.69) is 4.99 Å². The van der Waals surface area contributed by atoms with Crippen LogP contribution in [0.3, 0.4) is 0 Å². The lowest BCUT2D eigenvalue weighted by atomic mass is 10.1. The first-order valence-electron chi connectivity index (χ1n) is 5.90. The molecule has 0 amide bonds. The van der Waals surface area contributed by atoms with E-state index in [9.17, 15) is 17.6 Å². The van der Waals surface area contributed by atoms with E-state index >= 15 is 0 Å². The number of rotatable bonds is 3. The Kier molecular flexibility index (Phi) is 4.09. The standard InChI is InChI=1S/C12H13FN2O3S/c13-10-4-3-5-11(8-10)19(17,18)15-7-2-1-6-12(15)14-9-16/h3-5,8,12H,1-2,6-7H2. The van der Waals surface area contributed by atoms with Crippen molar-refractivity contribution in [3.05, 3.63) is 30.1 Å². The van der Waals surface area contributed by atoms with Gasteiger partial charge in [-0.05, 0) is 37.5 Å². The maximum absolute atomic E-state index is 13.1. The lowest BCUT2D eigenvalue weighted by molar-refractivity contribution is 0.259. The number of benzene rings is 1. The van der Waals surface area contributed by atoms with E-state index in [4.69, 9.17) is 0 Å². The minimum atomic E-state index is -3.84. The Morgan fingerprint density at radius 2 is 2.16 bits per heavy atom. The van der Waals surface area contributed by atoms with Crippen molar-refractivity contribution in [2.45, 2.75) is 30.3 Å². The van der Waals surface area contributed by atoms with Crippen LogP contribution in [0.15, 0.2) is 34.2 Å². The molecular weight excluding hydrogens is 271 g/mol. The third kappa shape index (κ3) is 2.89. The largest absolute Gasteiger partial charge is 0.245 e. The van der Waals surface area contributed by atoms with Crippen molar-refractivity contribution in [1.29, 1.82) is 0 Å². The van der Waals surface area contributed by atoms with Crippen LogP contribution in [0.1, 0.15) is 19.3 Å². The molecule has 5 nitrogen and oxygen atoms in total. The summed E-state index contributed by atoms with van der Waals surface area (Å²) in [5.74, 6) is -0.617. The fourth-order valence-corrected chi connectivity index (χ4v) is 3.75. The highest BCUT2D eigenvalue weighted by atomic mass is 32.2.